The van der Waals surface area contributed by atoms with Crippen molar-refractivity contribution < 1.29 is 14.3 Å². The van der Waals surface area contributed by atoms with E-state index in [9.17, 15) is 9.59 Å². The largest absolute Gasteiger partial charge is 0.371 e. The highest BCUT2D eigenvalue weighted by molar-refractivity contribution is 6.35. The lowest BCUT2D eigenvalue weighted by Crippen LogP contribution is -2.42. The van der Waals surface area contributed by atoms with E-state index in [1.807, 2.05) is 18.2 Å². The second kappa shape index (κ2) is 9.85. The molecule has 1 heterocycles. The van der Waals surface area contributed by atoms with Crippen LogP contribution in [0.5, 0.6) is 0 Å². The van der Waals surface area contributed by atoms with Gasteiger partial charge in [0, 0.05) is 32.7 Å². The third kappa shape index (κ3) is 5.79. The Balaban J connectivity index is 1.66. The zero-order chi connectivity index (χ0) is 17.2. The van der Waals surface area contributed by atoms with Gasteiger partial charge in [0.2, 0.25) is 0 Å². The van der Waals surface area contributed by atoms with Gasteiger partial charge in [0.1, 0.15) is 0 Å². The number of hydrogen-bond acceptors (Lipinski definition) is 4. The zero-order valence-corrected chi connectivity index (χ0v) is 13.9. The molecule has 0 aliphatic carbocycles. The second-order valence-electron chi connectivity index (χ2n) is 5.68. The molecule has 2 amide bonds. The molecular formula is C18H25N3O3. The van der Waals surface area contributed by atoms with Gasteiger partial charge in [-0.1, -0.05) is 36.4 Å². The van der Waals surface area contributed by atoms with Crippen molar-refractivity contribution in [2.75, 3.05) is 39.3 Å². The Hall–Kier alpha value is -2.18. The van der Waals surface area contributed by atoms with Crippen LogP contribution >= 0.6 is 0 Å². The maximum Gasteiger partial charge on any atom is 0.309 e. The SMILES string of the molecule is C=CCNC(=O)C(=O)NCCCN1CCOC(c2ccccc2)C1. The Morgan fingerprint density at radius 1 is 1.25 bits per heavy atom. The van der Waals surface area contributed by atoms with Crippen LogP contribution in [-0.2, 0) is 14.3 Å². The number of carbonyl (C=O) groups is 2. The van der Waals surface area contributed by atoms with Crippen molar-refractivity contribution in [3.63, 3.8) is 0 Å². The van der Waals surface area contributed by atoms with Gasteiger partial charge in [0.15, 0.2) is 0 Å². The summed E-state index contributed by atoms with van der Waals surface area (Å²) in [5, 5.41) is 5.08. The van der Waals surface area contributed by atoms with Crippen molar-refractivity contribution >= 4 is 11.8 Å². The Morgan fingerprint density at radius 2 is 2.00 bits per heavy atom. The number of ether oxygens (including phenoxy) is 1. The molecule has 1 aromatic rings. The normalized spacial score (nSPS) is 17.9. The standard InChI is InChI=1S/C18H25N3O3/c1-2-9-19-17(22)18(23)20-10-6-11-21-12-13-24-16(14-21)15-7-4-3-5-8-15/h2-5,7-8,16H,1,6,9-14H2,(H,19,22)(H,20,23). The van der Waals surface area contributed by atoms with E-state index >= 15 is 0 Å². The molecule has 0 saturated carbocycles. The predicted octanol–water partition coefficient (Wildman–Crippen LogP) is 0.868. The summed E-state index contributed by atoms with van der Waals surface area (Å²) < 4.78 is 5.84. The summed E-state index contributed by atoms with van der Waals surface area (Å²) in [6.45, 7) is 7.56. The molecule has 0 aromatic heterocycles. The lowest BCUT2D eigenvalue weighted by molar-refractivity contribution is -0.139. The van der Waals surface area contributed by atoms with Gasteiger partial charge in [-0.3, -0.25) is 14.5 Å². The van der Waals surface area contributed by atoms with E-state index in [2.05, 4.69) is 34.2 Å². The first-order valence-corrected chi connectivity index (χ1v) is 8.26. The van der Waals surface area contributed by atoms with Crippen molar-refractivity contribution in [1.82, 2.24) is 15.5 Å². The van der Waals surface area contributed by atoms with Crippen molar-refractivity contribution in [2.24, 2.45) is 0 Å². The maximum absolute atomic E-state index is 11.5. The molecule has 0 bridgehead atoms. The fourth-order valence-corrected chi connectivity index (χ4v) is 2.60. The molecule has 1 unspecified atom stereocenters. The van der Waals surface area contributed by atoms with E-state index in [0.717, 1.165) is 26.1 Å². The van der Waals surface area contributed by atoms with E-state index in [4.69, 9.17) is 4.74 Å². The van der Waals surface area contributed by atoms with Gasteiger partial charge in [-0.2, -0.15) is 0 Å². The van der Waals surface area contributed by atoms with Crippen LogP contribution in [0.2, 0.25) is 0 Å². The molecule has 1 aliphatic heterocycles. The minimum Gasteiger partial charge on any atom is -0.371 e. The molecule has 0 spiro atoms. The van der Waals surface area contributed by atoms with Gasteiger partial charge in [-0.05, 0) is 12.0 Å². The minimum absolute atomic E-state index is 0.0965. The van der Waals surface area contributed by atoms with Crippen LogP contribution in [0, 0.1) is 0 Å². The Kier molecular flexibility index (Phi) is 7.45. The monoisotopic (exact) mass is 331 g/mol. The Morgan fingerprint density at radius 3 is 2.75 bits per heavy atom. The van der Waals surface area contributed by atoms with E-state index in [0.29, 0.717) is 19.7 Å². The molecule has 1 aliphatic rings. The third-order valence-corrected chi connectivity index (χ3v) is 3.87. The number of amides is 2. The molecule has 6 heteroatoms. The van der Waals surface area contributed by atoms with Gasteiger partial charge < -0.3 is 15.4 Å². The molecule has 1 atom stereocenters. The summed E-state index contributed by atoms with van der Waals surface area (Å²) in [6, 6.07) is 10.2. The summed E-state index contributed by atoms with van der Waals surface area (Å²) in [4.78, 5) is 25.3. The van der Waals surface area contributed by atoms with E-state index in [-0.39, 0.29) is 6.10 Å². The number of morpholine rings is 1. The number of benzene rings is 1. The lowest BCUT2D eigenvalue weighted by atomic mass is 10.1. The molecule has 2 rings (SSSR count). The molecule has 130 valence electrons. The summed E-state index contributed by atoms with van der Waals surface area (Å²) in [6.07, 6.45) is 2.42. The second-order valence-corrected chi connectivity index (χ2v) is 5.68. The van der Waals surface area contributed by atoms with Crippen LogP contribution in [0.25, 0.3) is 0 Å². The molecule has 6 nitrogen and oxygen atoms in total. The fourth-order valence-electron chi connectivity index (χ4n) is 2.60. The summed E-state index contributed by atoms with van der Waals surface area (Å²) >= 11 is 0. The van der Waals surface area contributed by atoms with Gasteiger partial charge in [0.25, 0.3) is 0 Å². The molecular weight excluding hydrogens is 306 g/mol. The smallest absolute Gasteiger partial charge is 0.309 e. The topological polar surface area (TPSA) is 70.7 Å². The first kappa shape index (κ1) is 18.2. The molecule has 24 heavy (non-hydrogen) atoms. The quantitative estimate of drug-likeness (QED) is 0.442. The van der Waals surface area contributed by atoms with Gasteiger partial charge in [0.05, 0.1) is 12.7 Å². The average molecular weight is 331 g/mol. The van der Waals surface area contributed by atoms with Crippen LogP contribution in [-0.4, -0.2) is 56.0 Å². The average Bonchev–Trinajstić information content (AvgIpc) is 2.64. The summed E-state index contributed by atoms with van der Waals surface area (Å²) in [7, 11) is 0. The Labute approximate surface area is 142 Å². The van der Waals surface area contributed by atoms with E-state index < -0.39 is 11.8 Å². The Bertz CT molecular complexity index is 548. The number of nitrogens with zero attached hydrogens (tertiary/aromatic N) is 1. The molecule has 1 fully saturated rings. The van der Waals surface area contributed by atoms with Crippen molar-refractivity contribution in [1.29, 1.82) is 0 Å². The molecule has 1 aromatic carbocycles. The highest BCUT2D eigenvalue weighted by atomic mass is 16.5. The predicted molar refractivity (Wildman–Crippen MR) is 92.4 cm³/mol. The summed E-state index contributed by atoms with van der Waals surface area (Å²) in [5.74, 6) is -1.22. The van der Waals surface area contributed by atoms with Crippen LogP contribution in [0.3, 0.4) is 0 Å². The first-order chi connectivity index (χ1) is 11.7. The van der Waals surface area contributed by atoms with Gasteiger partial charge >= 0.3 is 11.8 Å². The molecule has 0 radical (unpaired) electrons. The third-order valence-electron chi connectivity index (χ3n) is 3.87. The first-order valence-electron chi connectivity index (χ1n) is 8.26. The van der Waals surface area contributed by atoms with E-state index in [1.54, 1.807) is 0 Å². The fraction of sp³-hybridized carbons (Fsp3) is 0.444. The number of nitrogens with one attached hydrogen (secondary N) is 2. The highest BCUT2D eigenvalue weighted by Crippen LogP contribution is 2.21. The molecule has 1 saturated heterocycles. The van der Waals surface area contributed by atoms with E-state index in [1.165, 1.54) is 11.6 Å². The van der Waals surface area contributed by atoms with Crippen LogP contribution in [0.15, 0.2) is 43.0 Å². The molecule has 2 N–H and O–H groups in total. The zero-order valence-electron chi connectivity index (χ0n) is 13.9. The number of hydrogen-bond donors (Lipinski definition) is 2. The maximum atomic E-state index is 11.5. The van der Waals surface area contributed by atoms with Crippen LogP contribution in [0.1, 0.15) is 18.1 Å². The number of carbonyl (C=O) groups excluding carboxylic acids is 2. The van der Waals surface area contributed by atoms with Gasteiger partial charge in [-0.25, -0.2) is 0 Å². The highest BCUT2D eigenvalue weighted by Gasteiger charge is 2.21. The van der Waals surface area contributed by atoms with Crippen molar-refractivity contribution in [3.8, 4) is 0 Å². The van der Waals surface area contributed by atoms with Gasteiger partial charge in [-0.15, -0.1) is 6.58 Å². The lowest BCUT2D eigenvalue weighted by Gasteiger charge is -2.33. The van der Waals surface area contributed by atoms with Crippen LogP contribution in [0.4, 0.5) is 0 Å². The minimum atomic E-state index is -0.620. The summed E-state index contributed by atoms with van der Waals surface area (Å²) in [5.41, 5.74) is 1.19. The number of rotatable bonds is 7. The van der Waals surface area contributed by atoms with Crippen molar-refractivity contribution in [2.45, 2.75) is 12.5 Å². The van der Waals surface area contributed by atoms with Crippen LogP contribution < -0.4 is 10.6 Å². The van der Waals surface area contributed by atoms with Crippen molar-refractivity contribution in [3.05, 3.63) is 48.6 Å².